The number of amides is 2. The van der Waals surface area contributed by atoms with Gasteiger partial charge in [-0.3, -0.25) is 9.59 Å². The fraction of sp³-hybridized carbons (Fsp3) is 0.429. The van der Waals surface area contributed by atoms with Gasteiger partial charge in [-0.15, -0.1) is 0 Å². The highest BCUT2D eigenvalue weighted by atomic mass is 32.2. The molecule has 1 saturated heterocycles. The summed E-state index contributed by atoms with van der Waals surface area (Å²) in [5.41, 5.74) is 6.94. The van der Waals surface area contributed by atoms with Crippen molar-refractivity contribution in [3.8, 4) is 5.75 Å². The average molecular weight is 447 g/mol. The van der Waals surface area contributed by atoms with Crippen LogP contribution < -0.4 is 10.5 Å². The van der Waals surface area contributed by atoms with Crippen LogP contribution in [0.2, 0.25) is 0 Å². The quantitative estimate of drug-likeness (QED) is 0.757. The van der Waals surface area contributed by atoms with Crippen molar-refractivity contribution in [3.05, 3.63) is 47.3 Å². The summed E-state index contributed by atoms with van der Waals surface area (Å²) in [5, 5.41) is 0. The van der Waals surface area contributed by atoms with Crippen LogP contribution in [0.3, 0.4) is 0 Å². The minimum atomic E-state index is -3.79. The lowest BCUT2D eigenvalue weighted by Gasteiger charge is -2.34. The standard InChI is InChI=1S/C21H26N4O5S/c1-13-14(2)30-19-16(13)5-4-6-17(19)21(27)24-7-9-25(10-8-24)31(28,29)15-11-18(20(22)26)23(3)12-15/h4-6,11-14H,7-10H2,1-3H3,(H2,22,26). The Morgan fingerprint density at radius 2 is 1.81 bits per heavy atom. The molecule has 3 heterocycles. The minimum Gasteiger partial charge on any atom is -0.489 e. The molecule has 166 valence electrons. The van der Waals surface area contributed by atoms with E-state index in [2.05, 4.69) is 6.92 Å². The molecule has 4 rings (SSSR count). The number of sulfonamides is 1. The first-order valence-electron chi connectivity index (χ1n) is 10.2. The molecular formula is C21H26N4O5S. The number of hydrogen-bond acceptors (Lipinski definition) is 5. The number of fused-ring (bicyclic) bond motifs is 1. The number of piperazine rings is 1. The van der Waals surface area contributed by atoms with Gasteiger partial charge in [-0.1, -0.05) is 19.1 Å². The van der Waals surface area contributed by atoms with Gasteiger partial charge < -0.3 is 19.9 Å². The summed E-state index contributed by atoms with van der Waals surface area (Å²) in [7, 11) is -2.23. The molecule has 0 aliphatic carbocycles. The largest absolute Gasteiger partial charge is 0.489 e. The van der Waals surface area contributed by atoms with Gasteiger partial charge in [-0.05, 0) is 19.1 Å². The Kier molecular flexibility index (Phi) is 5.30. The van der Waals surface area contributed by atoms with E-state index in [-0.39, 0.29) is 54.7 Å². The van der Waals surface area contributed by atoms with Gasteiger partial charge in [-0.2, -0.15) is 4.31 Å². The third-order valence-electron chi connectivity index (χ3n) is 6.17. The fourth-order valence-electron chi connectivity index (χ4n) is 4.13. The van der Waals surface area contributed by atoms with E-state index in [0.29, 0.717) is 11.3 Å². The number of aryl methyl sites for hydroxylation is 1. The number of para-hydroxylation sites is 1. The zero-order valence-corrected chi connectivity index (χ0v) is 18.6. The topological polar surface area (TPSA) is 115 Å². The van der Waals surface area contributed by atoms with E-state index in [1.807, 2.05) is 19.1 Å². The maximum atomic E-state index is 13.1. The van der Waals surface area contributed by atoms with Gasteiger partial charge >= 0.3 is 0 Å². The molecule has 2 aliphatic rings. The molecule has 1 fully saturated rings. The summed E-state index contributed by atoms with van der Waals surface area (Å²) in [5.74, 6) is -0.0155. The Bertz CT molecular complexity index is 1150. The Hall–Kier alpha value is -2.85. The van der Waals surface area contributed by atoms with Crippen molar-refractivity contribution in [2.45, 2.75) is 30.8 Å². The molecule has 2 aromatic rings. The highest BCUT2D eigenvalue weighted by Gasteiger charge is 2.35. The van der Waals surface area contributed by atoms with Crippen LogP contribution in [0.1, 0.15) is 46.2 Å². The van der Waals surface area contributed by atoms with Crippen molar-refractivity contribution in [2.24, 2.45) is 12.8 Å². The third-order valence-corrected chi connectivity index (χ3v) is 8.03. The van der Waals surface area contributed by atoms with Gasteiger partial charge in [0, 0.05) is 50.9 Å². The van der Waals surface area contributed by atoms with Crippen LogP contribution in [0.25, 0.3) is 0 Å². The molecule has 0 bridgehead atoms. The molecule has 1 aromatic carbocycles. The molecule has 10 heteroatoms. The van der Waals surface area contributed by atoms with Crippen LogP contribution in [0, 0.1) is 0 Å². The predicted molar refractivity (Wildman–Crippen MR) is 114 cm³/mol. The zero-order chi connectivity index (χ0) is 22.5. The van der Waals surface area contributed by atoms with Crippen molar-refractivity contribution in [2.75, 3.05) is 26.2 Å². The monoisotopic (exact) mass is 446 g/mol. The second-order valence-electron chi connectivity index (χ2n) is 8.07. The van der Waals surface area contributed by atoms with Gasteiger partial charge in [0.25, 0.3) is 11.8 Å². The van der Waals surface area contributed by atoms with Crippen molar-refractivity contribution < 1.29 is 22.7 Å². The molecule has 2 amide bonds. The maximum absolute atomic E-state index is 13.1. The van der Waals surface area contributed by atoms with Gasteiger partial charge in [-0.25, -0.2) is 8.42 Å². The summed E-state index contributed by atoms with van der Waals surface area (Å²) in [6.07, 6.45) is 1.38. The molecule has 2 aliphatic heterocycles. The van der Waals surface area contributed by atoms with Gasteiger partial charge in [0.2, 0.25) is 10.0 Å². The van der Waals surface area contributed by atoms with Crippen LogP contribution in [-0.2, 0) is 17.1 Å². The molecule has 0 radical (unpaired) electrons. The first-order chi connectivity index (χ1) is 14.6. The van der Waals surface area contributed by atoms with Crippen LogP contribution >= 0.6 is 0 Å². The molecule has 2 N–H and O–H groups in total. The van der Waals surface area contributed by atoms with Crippen LogP contribution in [0.5, 0.6) is 5.75 Å². The van der Waals surface area contributed by atoms with Crippen molar-refractivity contribution >= 4 is 21.8 Å². The lowest BCUT2D eigenvalue weighted by atomic mass is 9.96. The van der Waals surface area contributed by atoms with Crippen molar-refractivity contribution in [3.63, 3.8) is 0 Å². The van der Waals surface area contributed by atoms with Crippen LogP contribution in [0.4, 0.5) is 0 Å². The summed E-state index contributed by atoms with van der Waals surface area (Å²) < 4.78 is 34.6. The summed E-state index contributed by atoms with van der Waals surface area (Å²) in [6, 6.07) is 6.87. The summed E-state index contributed by atoms with van der Waals surface area (Å²) >= 11 is 0. The predicted octanol–water partition coefficient (Wildman–Crippen LogP) is 1.16. The molecule has 2 unspecified atom stereocenters. The van der Waals surface area contributed by atoms with Crippen LogP contribution in [-0.4, -0.2) is 66.3 Å². The van der Waals surface area contributed by atoms with E-state index >= 15 is 0 Å². The Balaban J connectivity index is 1.49. The fourth-order valence-corrected chi connectivity index (χ4v) is 5.62. The highest BCUT2D eigenvalue weighted by Crippen LogP contribution is 2.40. The molecule has 1 aromatic heterocycles. The molecule has 9 nitrogen and oxygen atoms in total. The van der Waals surface area contributed by atoms with Gasteiger partial charge in [0.1, 0.15) is 22.4 Å². The Labute approximate surface area is 181 Å². The minimum absolute atomic E-state index is 0.00195. The number of carbonyl (C=O) groups excluding carboxylic acids is 2. The summed E-state index contributed by atoms with van der Waals surface area (Å²) in [4.78, 5) is 26.3. The smallest absolute Gasteiger partial charge is 0.265 e. The van der Waals surface area contributed by atoms with E-state index in [1.54, 1.807) is 18.0 Å². The SMILES string of the molecule is CC1Oc2c(C(=O)N3CCN(S(=O)(=O)c4cc(C(N)=O)n(C)c4)CC3)cccc2C1C. The number of nitrogens with zero attached hydrogens (tertiary/aromatic N) is 3. The molecule has 31 heavy (non-hydrogen) atoms. The van der Waals surface area contributed by atoms with E-state index in [1.165, 1.54) is 21.1 Å². The number of benzene rings is 1. The lowest BCUT2D eigenvalue weighted by Crippen LogP contribution is -2.50. The average Bonchev–Trinajstić information content (AvgIpc) is 3.28. The second-order valence-corrected chi connectivity index (χ2v) is 10.0. The maximum Gasteiger partial charge on any atom is 0.265 e. The van der Waals surface area contributed by atoms with Gasteiger partial charge in [0.15, 0.2) is 0 Å². The first kappa shape index (κ1) is 21.4. The van der Waals surface area contributed by atoms with E-state index in [0.717, 1.165) is 5.56 Å². The van der Waals surface area contributed by atoms with Crippen molar-refractivity contribution in [1.29, 1.82) is 0 Å². The van der Waals surface area contributed by atoms with Crippen LogP contribution in [0.15, 0.2) is 35.4 Å². The van der Waals surface area contributed by atoms with Crippen molar-refractivity contribution in [1.82, 2.24) is 13.8 Å². The number of ether oxygens (including phenoxy) is 1. The third kappa shape index (κ3) is 3.59. The van der Waals surface area contributed by atoms with E-state index in [9.17, 15) is 18.0 Å². The molecule has 0 spiro atoms. The number of primary amides is 1. The molecule has 0 saturated carbocycles. The lowest BCUT2D eigenvalue weighted by molar-refractivity contribution is 0.0692. The highest BCUT2D eigenvalue weighted by molar-refractivity contribution is 7.89. The molecule has 2 atom stereocenters. The normalized spacial score (nSPS) is 21.6. The number of aromatic nitrogens is 1. The van der Waals surface area contributed by atoms with E-state index in [4.69, 9.17) is 10.5 Å². The van der Waals surface area contributed by atoms with E-state index < -0.39 is 15.9 Å². The van der Waals surface area contributed by atoms with Gasteiger partial charge in [0.05, 0.1) is 5.56 Å². The second kappa shape index (κ2) is 7.69. The number of hydrogen-bond donors (Lipinski definition) is 1. The molecular weight excluding hydrogens is 420 g/mol. The number of carbonyl (C=O) groups is 2. The Morgan fingerprint density at radius 1 is 1.13 bits per heavy atom. The number of nitrogens with two attached hydrogens (primary N) is 1. The number of rotatable bonds is 4. The zero-order valence-electron chi connectivity index (χ0n) is 17.7. The first-order valence-corrected chi connectivity index (χ1v) is 11.6. The summed E-state index contributed by atoms with van der Waals surface area (Å²) in [6.45, 7) is 4.91. The Morgan fingerprint density at radius 3 is 2.42 bits per heavy atom.